The summed E-state index contributed by atoms with van der Waals surface area (Å²) in [6, 6.07) is 4.35. The molecule has 0 aliphatic carbocycles. The van der Waals surface area contributed by atoms with Crippen LogP contribution < -0.4 is 5.73 Å². The van der Waals surface area contributed by atoms with E-state index in [9.17, 15) is 31.6 Å². The second-order valence-electron chi connectivity index (χ2n) is 9.36. The SMILES string of the molecule is CC(C)N1CC2(C(N)=O)N(C(=O)CCN2S(=O)(=O)c2ccc(Cl)cc2Cl)C(Cc2ccc(F)cc2F)C1=O. The second-order valence-corrected chi connectivity index (χ2v) is 12.0. The summed E-state index contributed by atoms with van der Waals surface area (Å²) >= 11 is 12.1. The number of primary amides is 1. The van der Waals surface area contributed by atoms with Gasteiger partial charge in [0, 0.05) is 36.5 Å². The molecule has 2 saturated heterocycles. The molecule has 0 spiro atoms. The van der Waals surface area contributed by atoms with E-state index >= 15 is 0 Å². The average Bonchev–Trinajstić information content (AvgIpc) is 2.81. The first-order valence-corrected chi connectivity index (χ1v) is 13.8. The first kappa shape index (κ1) is 28.2. The number of benzene rings is 2. The van der Waals surface area contributed by atoms with E-state index in [2.05, 4.69) is 0 Å². The minimum atomic E-state index is -4.60. The number of carbonyl (C=O) groups is 3. The highest BCUT2D eigenvalue weighted by atomic mass is 35.5. The standard InChI is InChI=1S/C24H24Cl2F2N4O5S/c1-13(2)30-12-24(23(29)35)31(38(36,37)20-6-4-15(25)10-17(20)26)8-7-21(33)32(24)19(22(30)34)9-14-3-5-16(27)11-18(14)28/h3-6,10-11,13,19H,7-9,12H2,1-2H3,(H2,29,35). The fourth-order valence-corrected chi connectivity index (χ4v) is 7.43. The third kappa shape index (κ3) is 4.53. The third-order valence-corrected chi connectivity index (χ3v) is 9.42. The first-order valence-electron chi connectivity index (χ1n) is 11.6. The molecule has 2 aromatic carbocycles. The number of hydrogen-bond donors (Lipinski definition) is 1. The molecule has 2 heterocycles. The van der Waals surface area contributed by atoms with Gasteiger partial charge in [0.2, 0.25) is 27.5 Å². The van der Waals surface area contributed by atoms with Gasteiger partial charge in [-0.25, -0.2) is 17.2 Å². The highest BCUT2D eigenvalue weighted by Crippen LogP contribution is 2.41. The minimum absolute atomic E-state index is 0.109. The van der Waals surface area contributed by atoms with Crippen molar-refractivity contribution in [2.45, 2.75) is 49.3 Å². The molecule has 2 aliphatic heterocycles. The van der Waals surface area contributed by atoms with E-state index in [-0.39, 0.29) is 20.5 Å². The van der Waals surface area contributed by atoms with E-state index in [1.807, 2.05) is 0 Å². The fraction of sp³-hybridized carbons (Fsp3) is 0.375. The van der Waals surface area contributed by atoms with Crippen molar-refractivity contribution >= 4 is 50.9 Å². The molecular formula is C24H24Cl2F2N4O5S. The molecule has 2 fully saturated rings. The third-order valence-electron chi connectivity index (χ3n) is 6.79. The van der Waals surface area contributed by atoms with Crippen LogP contribution in [-0.4, -0.2) is 71.1 Å². The van der Waals surface area contributed by atoms with Gasteiger partial charge in [-0.05, 0) is 43.7 Å². The topological polar surface area (TPSA) is 121 Å². The van der Waals surface area contributed by atoms with Crippen molar-refractivity contribution < 1.29 is 31.6 Å². The molecule has 204 valence electrons. The predicted octanol–water partition coefficient (Wildman–Crippen LogP) is 2.54. The number of sulfonamides is 1. The summed E-state index contributed by atoms with van der Waals surface area (Å²) in [5, 5.41) is -0.0530. The average molecular weight is 589 g/mol. The summed E-state index contributed by atoms with van der Waals surface area (Å²) < 4.78 is 56.9. The van der Waals surface area contributed by atoms with Crippen LogP contribution in [0.3, 0.4) is 0 Å². The molecule has 0 radical (unpaired) electrons. The normalized spacial score (nSPS) is 22.7. The maximum Gasteiger partial charge on any atom is 0.261 e. The minimum Gasteiger partial charge on any atom is -0.366 e. The zero-order valence-electron chi connectivity index (χ0n) is 20.3. The van der Waals surface area contributed by atoms with Crippen molar-refractivity contribution in [3.8, 4) is 0 Å². The predicted molar refractivity (Wildman–Crippen MR) is 134 cm³/mol. The smallest absolute Gasteiger partial charge is 0.261 e. The van der Waals surface area contributed by atoms with E-state index in [1.165, 1.54) is 17.0 Å². The summed E-state index contributed by atoms with van der Waals surface area (Å²) in [5.74, 6) is -4.38. The molecule has 3 amide bonds. The quantitative estimate of drug-likeness (QED) is 0.556. The number of amides is 3. The Hall–Kier alpha value is -2.80. The van der Waals surface area contributed by atoms with E-state index in [4.69, 9.17) is 28.9 Å². The Kier molecular flexibility index (Phi) is 7.47. The number of hydrogen-bond acceptors (Lipinski definition) is 5. The van der Waals surface area contributed by atoms with Crippen molar-refractivity contribution in [2.75, 3.05) is 13.1 Å². The summed E-state index contributed by atoms with van der Waals surface area (Å²) in [7, 11) is -4.60. The molecule has 2 N–H and O–H groups in total. The Morgan fingerprint density at radius 3 is 2.42 bits per heavy atom. The van der Waals surface area contributed by atoms with E-state index in [0.29, 0.717) is 6.07 Å². The Balaban J connectivity index is 1.93. The van der Waals surface area contributed by atoms with Crippen molar-refractivity contribution in [2.24, 2.45) is 5.73 Å². The van der Waals surface area contributed by atoms with E-state index < -0.39 is 83.1 Å². The Bertz CT molecular complexity index is 1440. The lowest BCUT2D eigenvalue weighted by Gasteiger charge is -2.58. The number of piperazine rings is 1. The van der Waals surface area contributed by atoms with Crippen LogP contribution in [0.1, 0.15) is 25.8 Å². The van der Waals surface area contributed by atoms with Gasteiger partial charge in [0.05, 0.1) is 11.6 Å². The lowest BCUT2D eigenvalue weighted by Crippen LogP contribution is -2.83. The number of carbonyl (C=O) groups excluding carboxylic acids is 3. The molecule has 2 aromatic rings. The van der Waals surface area contributed by atoms with Crippen LogP contribution in [0.4, 0.5) is 8.78 Å². The zero-order chi connectivity index (χ0) is 28.2. The van der Waals surface area contributed by atoms with Gasteiger partial charge in [-0.15, -0.1) is 0 Å². The lowest BCUT2D eigenvalue weighted by molar-refractivity contribution is -0.186. The monoisotopic (exact) mass is 588 g/mol. The molecule has 2 aliphatic rings. The Labute approximate surface area is 228 Å². The van der Waals surface area contributed by atoms with Gasteiger partial charge in [0.15, 0.2) is 0 Å². The molecule has 4 rings (SSSR count). The van der Waals surface area contributed by atoms with Crippen molar-refractivity contribution in [1.29, 1.82) is 0 Å². The molecular weight excluding hydrogens is 565 g/mol. The Morgan fingerprint density at radius 1 is 1.16 bits per heavy atom. The summed E-state index contributed by atoms with van der Waals surface area (Å²) in [5.41, 5.74) is 3.40. The summed E-state index contributed by atoms with van der Waals surface area (Å²) in [6.07, 6.45) is -0.846. The van der Waals surface area contributed by atoms with Crippen LogP contribution in [0, 0.1) is 11.6 Å². The van der Waals surface area contributed by atoms with Crippen LogP contribution in [0.2, 0.25) is 10.0 Å². The summed E-state index contributed by atoms with van der Waals surface area (Å²) in [4.78, 5) is 41.9. The van der Waals surface area contributed by atoms with Crippen LogP contribution in [0.25, 0.3) is 0 Å². The maximum atomic E-state index is 14.6. The van der Waals surface area contributed by atoms with Crippen LogP contribution in [0.15, 0.2) is 41.3 Å². The largest absolute Gasteiger partial charge is 0.366 e. The van der Waals surface area contributed by atoms with Crippen LogP contribution in [0.5, 0.6) is 0 Å². The van der Waals surface area contributed by atoms with Crippen LogP contribution in [-0.2, 0) is 30.8 Å². The fourth-order valence-electron chi connectivity index (χ4n) is 4.99. The lowest BCUT2D eigenvalue weighted by atomic mass is 9.90. The van der Waals surface area contributed by atoms with Crippen molar-refractivity contribution in [3.05, 3.63) is 63.6 Å². The summed E-state index contributed by atoms with van der Waals surface area (Å²) in [6.45, 7) is 2.28. The van der Waals surface area contributed by atoms with Gasteiger partial charge in [0.1, 0.15) is 22.6 Å². The highest BCUT2D eigenvalue weighted by Gasteiger charge is 2.64. The van der Waals surface area contributed by atoms with Gasteiger partial charge in [-0.3, -0.25) is 14.4 Å². The number of nitrogens with zero attached hydrogens (tertiary/aromatic N) is 3. The van der Waals surface area contributed by atoms with Gasteiger partial charge >= 0.3 is 0 Å². The second kappa shape index (κ2) is 10.1. The molecule has 38 heavy (non-hydrogen) atoms. The van der Waals surface area contributed by atoms with Gasteiger partial charge in [-0.2, -0.15) is 4.31 Å². The first-order chi connectivity index (χ1) is 17.7. The number of rotatable bonds is 6. The zero-order valence-corrected chi connectivity index (χ0v) is 22.7. The van der Waals surface area contributed by atoms with E-state index in [1.54, 1.807) is 13.8 Å². The molecule has 0 bridgehead atoms. The van der Waals surface area contributed by atoms with Gasteiger partial charge < -0.3 is 15.5 Å². The van der Waals surface area contributed by atoms with E-state index in [0.717, 1.165) is 27.4 Å². The molecule has 0 aromatic heterocycles. The number of nitrogens with two attached hydrogens (primary N) is 1. The highest BCUT2D eigenvalue weighted by molar-refractivity contribution is 7.89. The number of halogens is 4. The van der Waals surface area contributed by atoms with Gasteiger partial charge in [0.25, 0.3) is 5.91 Å². The van der Waals surface area contributed by atoms with Crippen molar-refractivity contribution in [1.82, 2.24) is 14.1 Å². The van der Waals surface area contributed by atoms with Crippen molar-refractivity contribution in [3.63, 3.8) is 0 Å². The molecule has 2 unspecified atom stereocenters. The number of fused-ring (bicyclic) bond motifs is 1. The molecule has 9 nitrogen and oxygen atoms in total. The van der Waals surface area contributed by atoms with Crippen LogP contribution >= 0.6 is 23.2 Å². The molecule has 2 atom stereocenters. The molecule has 0 saturated carbocycles. The maximum absolute atomic E-state index is 14.6. The van der Waals surface area contributed by atoms with Gasteiger partial charge in [-0.1, -0.05) is 29.3 Å². The Morgan fingerprint density at radius 2 is 1.84 bits per heavy atom. The molecule has 14 heteroatoms.